The zero-order chi connectivity index (χ0) is 19.6. The van der Waals surface area contributed by atoms with Gasteiger partial charge in [0.2, 0.25) is 0 Å². The van der Waals surface area contributed by atoms with Crippen molar-refractivity contribution in [3.05, 3.63) is 52.5 Å². The highest BCUT2D eigenvalue weighted by molar-refractivity contribution is 6.30. The van der Waals surface area contributed by atoms with Gasteiger partial charge in [-0.25, -0.2) is 4.79 Å². The van der Waals surface area contributed by atoms with Gasteiger partial charge in [0.1, 0.15) is 11.4 Å². The zero-order valence-electron chi connectivity index (χ0n) is 15.0. The lowest BCUT2D eigenvalue weighted by atomic mass is 9.96. The van der Waals surface area contributed by atoms with Crippen LogP contribution in [0.2, 0.25) is 5.02 Å². The minimum Gasteiger partial charge on any atom is -0.462 e. The van der Waals surface area contributed by atoms with Crippen LogP contribution in [0.4, 0.5) is 5.69 Å². The van der Waals surface area contributed by atoms with E-state index >= 15 is 0 Å². The number of carbonyl (C=O) groups excluding carboxylic acids is 3. The van der Waals surface area contributed by atoms with Crippen molar-refractivity contribution in [3.8, 4) is 0 Å². The van der Waals surface area contributed by atoms with Gasteiger partial charge in [-0.15, -0.1) is 0 Å². The van der Waals surface area contributed by atoms with Crippen LogP contribution >= 0.6 is 11.6 Å². The van der Waals surface area contributed by atoms with Gasteiger partial charge in [-0.1, -0.05) is 11.6 Å². The fourth-order valence-electron chi connectivity index (χ4n) is 3.07. The molecule has 0 aromatic heterocycles. The molecule has 0 fully saturated rings. The maximum absolute atomic E-state index is 12.8. The predicted molar refractivity (Wildman–Crippen MR) is 101 cm³/mol. The lowest BCUT2D eigenvalue weighted by molar-refractivity contribution is -0.142. The molecule has 2 heterocycles. The van der Waals surface area contributed by atoms with E-state index in [1.165, 1.54) is 11.1 Å². The Morgan fingerprint density at radius 2 is 2.04 bits per heavy atom. The number of carbonyl (C=O) groups is 3. The second-order valence-corrected chi connectivity index (χ2v) is 6.71. The van der Waals surface area contributed by atoms with Crippen molar-refractivity contribution in [2.45, 2.75) is 32.7 Å². The van der Waals surface area contributed by atoms with E-state index in [1.807, 2.05) is 6.92 Å². The fraction of sp³-hybridized carbons (Fsp3) is 0.316. The van der Waals surface area contributed by atoms with Crippen molar-refractivity contribution in [1.82, 2.24) is 10.2 Å². The number of nitrogens with one attached hydrogen (secondary N) is 2. The smallest absolute Gasteiger partial charge is 0.345 e. The van der Waals surface area contributed by atoms with E-state index in [0.29, 0.717) is 34.9 Å². The molecule has 0 saturated heterocycles. The molecule has 0 spiro atoms. The van der Waals surface area contributed by atoms with Gasteiger partial charge in [0.15, 0.2) is 0 Å². The maximum atomic E-state index is 12.8. The summed E-state index contributed by atoms with van der Waals surface area (Å²) in [6.07, 6.45) is 2.42. The summed E-state index contributed by atoms with van der Waals surface area (Å²) < 4.78 is 4.93. The number of hydrogen-bond acceptors (Lipinski definition) is 5. The molecular weight excluding hydrogens is 370 g/mol. The van der Waals surface area contributed by atoms with E-state index in [0.717, 1.165) is 0 Å². The second-order valence-electron chi connectivity index (χ2n) is 6.27. The van der Waals surface area contributed by atoms with Gasteiger partial charge in [-0.3, -0.25) is 14.5 Å². The third kappa shape index (κ3) is 3.83. The van der Waals surface area contributed by atoms with Gasteiger partial charge in [-0.05, 0) is 51.0 Å². The van der Waals surface area contributed by atoms with Crippen molar-refractivity contribution in [2.24, 2.45) is 0 Å². The topological polar surface area (TPSA) is 87.7 Å². The molecule has 3 rings (SSSR count). The first-order valence-electron chi connectivity index (χ1n) is 8.69. The standard InChI is InChI=1S/C19H20ClN3O4/c1-3-27-19(26)15-10-21-16-14(9-4-11(2)23(16)18(15)25)17(24)22-13-7-5-12(20)6-8-13/h5-8,10-11,21H,3-4,9H2,1-2H3,(H,22,24). The quantitative estimate of drug-likeness (QED) is 0.610. The number of hydrogen-bond donors (Lipinski definition) is 2. The molecule has 0 bridgehead atoms. The van der Waals surface area contributed by atoms with Crippen molar-refractivity contribution < 1.29 is 19.1 Å². The Bertz CT molecular complexity index is 845. The van der Waals surface area contributed by atoms with Crippen molar-refractivity contribution in [3.63, 3.8) is 0 Å². The van der Waals surface area contributed by atoms with Crippen LogP contribution in [0.3, 0.4) is 0 Å². The van der Waals surface area contributed by atoms with E-state index in [-0.39, 0.29) is 24.1 Å². The van der Waals surface area contributed by atoms with E-state index in [2.05, 4.69) is 10.6 Å². The Balaban J connectivity index is 1.89. The van der Waals surface area contributed by atoms with E-state index in [1.54, 1.807) is 31.2 Å². The minimum atomic E-state index is -0.681. The summed E-state index contributed by atoms with van der Waals surface area (Å²) in [7, 11) is 0. The van der Waals surface area contributed by atoms with Crippen LogP contribution in [0.15, 0.2) is 47.4 Å². The molecule has 2 amide bonds. The Hall–Kier alpha value is -2.80. The molecule has 2 N–H and O–H groups in total. The average Bonchev–Trinajstić information content (AvgIpc) is 2.64. The van der Waals surface area contributed by atoms with Crippen LogP contribution in [0.25, 0.3) is 0 Å². The van der Waals surface area contributed by atoms with Crippen LogP contribution in [-0.4, -0.2) is 35.3 Å². The summed E-state index contributed by atoms with van der Waals surface area (Å²) in [5.74, 6) is -1.05. The van der Waals surface area contributed by atoms with Gasteiger partial charge in [0, 0.05) is 23.0 Å². The third-order valence-electron chi connectivity index (χ3n) is 4.45. The Kier molecular flexibility index (Phi) is 5.51. The highest BCUT2D eigenvalue weighted by Crippen LogP contribution is 2.30. The third-order valence-corrected chi connectivity index (χ3v) is 4.71. The van der Waals surface area contributed by atoms with Crippen molar-refractivity contribution >= 4 is 35.1 Å². The van der Waals surface area contributed by atoms with Crippen LogP contribution in [-0.2, 0) is 19.1 Å². The van der Waals surface area contributed by atoms with Gasteiger partial charge in [0.25, 0.3) is 11.8 Å². The summed E-state index contributed by atoms with van der Waals surface area (Å²) in [6, 6.07) is 6.62. The molecule has 2 aliphatic heterocycles. The molecule has 1 aromatic carbocycles. The Morgan fingerprint density at radius 3 is 2.70 bits per heavy atom. The molecule has 1 unspecified atom stereocenters. The normalized spacial score (nSPS) is 19.1. The molecule has 142 valence electrons. The second kappa shape index (κ2) is 7.84. The molecule has 2 aliphatic rings. The van der Waals surface area contributed by atoms with Crippen molar-refractivity contribution in [1.29, 1.82) is 0 Å². The predicted octanol–water partition coefficient (Wildman–Crippen LogP) is 2.55. The Morgan fingerprint density at radius 1 is 1.33 bits per heavy atom. The first-order chi connectivity index (χ1) is 12.9. The first-order valence-corrected chi connectivity index (χ1v) is 9.07. The van der Waals surface area contributed by atoms with Gasteiger partial charge in [0.05, 0.1) is 12.2 Å². The van der Waals surface area contributed by atoms with Crippen LogP contribution in [0.1, 0.15) is 26.7 Å². The molecule has 1 atom stereocenters. The molecule has 7 nitrogen and oxygen atoms in total. The summed E-state index contributed by atoms with van der Waals surface area (Å²) >= 11 is 5.86. The van der Waals surface area contributed by atoms with Crippen LogP contribution in [0, 0.1) is 0 Å². The number of halogens is 1. The number of amides is 2. The molecule has 27 heavy (non-hydrogen) atoms. The number of ether oxygens (including phenoxy) is 1. The molecule has 8 heteroatoms. The maximum Gasteiger partial charge on any atom is 0.345 e. The number of nitrogens with zero attached hydrogens (tertiary/aromatic N) is 1. The number of fused-ring (bicyclic) bond motifs is 1. The lowest BCUT2D eigenvalue weighted by Crippen LogP contribution is -2.50. The molecule has 0 aliphatic carbocycles. The SMILES string of the molecule is CCOC(=O)C1=CNC2=C(C(=O)Nc3ccc(Cl)cc3)CCC(C)N2C1=O. The molecule has 0 saturated carbocycles. The number of esters is 1. The summed E-state index contributed by atoms with van der Waals surface area (Å²) in [6.45, 7) is 3.73. The van der Waals surface area contributed by atoms with Gasteiger partial charge < -0.3 is 15.4 Å². The number of benzene rings is 1. The first kappa shape index (κ1) is 19.0. The average molecular weight is 390 g/mol. The minimum absolute atomic E-state index is 0.0770. The van der Waals surface area contributed by atoms with E-state index in [9.17, 15) is 14.4 Å². The Labute approximate surface area is 162 Å². The summed E-state index contributed by atoms with van der Waals surface area (Å²) in [5.41, 5.74) is 0.981. The lowest BCUT2D eigenvalue weighted by Gasteiger charge is -2.39. The van der Waals surface area contributed by atoms with Gasteiger partial charge >= 0.3 is 5.97 Å². The highest BCUT2D eigenvalue weighted by atomic mass is 35.5. The van der Waals surface area contributed by atoms with Crippen LogP contribution < -0.4 is 10.6 Å². The largest absolute Gasteiger partial charge is 0.462 e. The highest BCUT2D eigenvalue weighted by Gasteiger charge is 2.39. The number of anilines is 1. The van der Waals surface area contributed by atoms with E-state index < -0.39 is 11.9 Å². The van der Waals surface area contributed by atoms with E-state index in [4.69, 9.17) is 16.3 Å². The summed E-state index contributed by atoms with van der Waals surface area (Å²) in [4.78, 5) is 39.0. The fourth-order valence-corrected chi connectivity index (χ4v) is 3.20. The molecular formula is C19H20ClN3O4. The van der Waals surface area contributed by atoms with Crippen molar-refractivity contribution in [2.75, 3.05) is 11.9 Å². The zero-order valence-corrected chi connectivity index (χ0v) is 15.8. The molecule has 1 aromatic rings. The van der Waals surface area contributed by atoms with Gasteiger partial charge in [-0.2, -0.15) is 0 Å². The van der Waals surface area contributed by atoms with Crippen LogP contribution in [0.5, 0.6) is 0 Å². The molecule has 0 radical (unpaired) electrons. The summed E-state index contributed by atoms with van der Waals surface area (Å²) in [5, 5.41) is 6.32. The number of rotatable bonds is 4. The monoisotopic (exact) mass is 389 g/mol.